The predicted molar refractivity (Wildman–Crippen MR) is 128 cm³/mol. The van der Waals surface area contributed by atoms with E-state index in [1.807, 2.05) is 18.2 Å². The number of anilines is 1. The molecule has 10 heteroatoms. The molecule has 0 spiro atoms. The third-order valence-electron chi connectivity index (χ3n) is 5.43. The molecular formula is C25H25N5O5. The lowest BCUT2D eigenvalue weighted by Crippen LogP contribution is -2.45. The van der Waals surface area contributed by atoms with Crippen molar-refractivity contribution in [2.45, 2.75) is 19.5 Å². The van der Waals surface area contributed by atoms with Gasteiger partial charge in [-0.2, -0.15) is 0 Å². The lowest BCUT2D eigenvalue weighted by Gasteiger charge is -2.30. The number of furan rings is 1. The Hall–Kier alpha value is -4.31. The molecule has 0 aliphatic rings. The van der Waals surface area contributed by atoms with Crippen LogP contribution in [0.3, 0.4) is 0 Å². The SMILES string of the molecule is COCCNC(=O)[C@H](c1ccco1)N(C(=O)Cn1nnc2ccccc21)c1cccc(C(C)=O)c1. The minimum atomic E-state index is -1.13. The number of rotatable bonds is 10. The molecule has 0 saturated carbocycles. The number of ketones is 1. The standard InChI is InChI=1S/C25H25N5O5/c1-17(31)18-7-5-8-19(15-18)30(23(32)16-29-21-10-4-3-9-20(21)27-28-29)24(22-11-6-13-35-22)25(33)26-12-14-34-2/h3-11,13,15,24H,12,14,16H2,1-2H3,(H,26,33)/t24-/m0/s1. The van der Waals surface area contributed by atoms with Crippen LogP contribution in [0.15, 0.2) is 71.3 Å². The van der Waals surface area contributed by atoms with Gasteiger partial charge in [0.15, 0.2) is 11.8 Å². The molecule has 0 radical (unpaired) electrons. The van der Waals surface area contributed by atoms with Gasteiger partial charge in [0.2, 0.25) is 5.91 Å². The first-order chi connectivity index (χ1) is 17.0. The number of methoxy groups -OCH3 is 1. The van der Waals surface area contributed by atoms with E-state index >= 15 is 0 Å². The number of Topliss-reactive ketones (excluding diaryl/α,β-unsaturated/α-hetero) is 1. The summed E-state index contributed by atoms with van der Waals surface area (Å²) in [7, 11) is 1.53. The highest BCUT2D eigenvalue weighted by molar-refractivity contribution is 6.02. The minimum Gasteiger partial charge on any atom is -0.467 e. The van der Waals surface area contributed by atoms with E-state index in [9.17, 15) is 14.4 Å². The van der Waals surface area contributed by atoms with Crippen molar-refractivity contribution in [1.82, 2.24) is 20.3 Å². The summed E-state index contributed by atoms with van der Waals surface area (Å²) in [6.07, 6.45) is 1.43. The Bertz CT molecular complexity index is 1330. The second-order valence-electron chi connectivity index (χ2n) is 7.81. The molecule has 0 bridgehead atoms. The van der Waals surface area contributed by atoms with Crippen LogP contribution >= 0.6 is 0 Å². The number of nitrogens with zero attached hydrogens (tertiary/aromatic N) is 4. The average molecular weight is 476 g/mol. The molecule has 2 heterocycles. The maximum atomic E-state index is 13.8. The van der Waals surface area contributed by atoms with E-state index in [4.69, 9.17) is 9.15 Å². The van der Waals surface area contributed by atoms with Gasteiger partial charge in [0.1, 0.15) is 17.8 Å². The molecule has 4 aromatic rings. The van der Waals surface area contributed by atoms with Gasteiger partial charge < -0.3 is 14.5 Å². The Morgan fingerprint density at radius 1 is 1.11 bits per heavy atom. The maximum absolute atomic E-state index is 13.8. The van der Waals surface area contributed by atoms with Crippen LogP contribution in [-0.4, -0.2) is 52.9 Å². The number of carbonyl (C=O) groups excluding carboxylic acids is 3. The molecule has 4 rings (SSSR count). The first kappa shape index (κ1) is 23.8. The van der Waals surface area contributed by atoms with Crippen LogP contribution in [0.5, 0.6) is 0 Å². The van der Waals surface area contributed by atoms with E-state index in [1.54, 1.807) is 42.5 Å². The zero-order chi connectivity index (χ0) is 24.8. The molecule has 0 aliphatic heterocycles. The van der Waals surface area contributed by atoms with Crippen LogP contribution in [0.1, 0.15) is 29.1 Å². The number of ether oxygens (including phenoxy) is 1. The summed E-state index contributed by atoms with van der Waals surface area (Å²) in [5, 5.41) is 11.0. The van der Waals surface area contributed by atoms with Gasteiger partial charge in [-0.25, -0.2) is 4.68 Å². The molecular weight excluding hydrogens is 450 g/mol. The van der Waals surface area contributed by atoms with Gasteiger partial charge in [0, 0.05) is 24.9 Å². The molecule has 2 aromatic heterocycles. The lowest BCUT2D eigenvalue weighted by molar-refractivity contribution is -0.127. The van der Waals surface area contributed by atoms with Crippen molar-refractivity contribution < 1.29 is 23.5 Å². The number of fused-ring (bicyclic) bond motifs is 1. The van der Waals surface area contributed by atoms with Gasteiger partial charge in [-0.1, -0.05) is 29.5 Å². The molecule has 0 unspecified atom stereocenters. The van der Waals surface area contributed by atoms with E-state index in [1.165, 1.54) is 29.9 Å². The number of hydrogen-bond donors (Lipinski definition) is 1. The zero-order valence-corrected chi connectivity index (χ0v) is 19.4. The van der Waals surface area contributed by atoms with Crippen LogP contribution < -0.4 is 10.2 Å². The predicted octanol–water partition coefficient (Wildman–Crippen LogP) is 2.76. The van der Waals surface area contributed by atoms with Crippen molar-refractivity contribution in [2.24, 2.45) is 0 Å². The number of amides is 2. The largest absolute Gasteiger partial charge is 0.467 e. The fraction of sp³-hybridized carbons (Fsp3) is 0.240. The Kier molecular flexibility index (Phi) is 7.32. The van der Waals surface area contributed by atoms with Crippen LogP contribution in [0.25, 0.3) is 11.0 Å². The van der Waals surface area contributed by atoms with Crippen molar-refractivity contribution in [1.29, 1.82) is 0 Å². The first-order valence-electron chi connectivity index (χ1n) is 11.0. The molecule has 1 atom stereocenters. The molecule has 0 fully saturated rings. The molecule has 2 amide bonds. The summed E-state index contributed by atoms with van der Waals surface area (Å²) < 4.78 is 12.1. The van der Waals surface area contributed by atoms with Crippen molar-refractivity contribution in [3.63, 3.8) is 0 Å². The van der Waals surface area contributed by atoms with Gasteiger partial charge in [0.05, 0.1) is 18.4 Å². The van der Waals surface area contributed by atoms with Gasteiger partial charge in [-0.3, -0.25) is 19.3 Å². The topological polar surface area (TPSA) is 120 Å². The first-order valence-corrected chi connectivity index (χ1v) is 11.0. The monoisotopic (exact) mass is 475 g/mol. The zero-order valence-electron chi connectivity index (χ0n) is 19.4. The Morgan fingerprint density at radius 3 is 2.69 bits per heavy atom. The summed E-state index contributed by atoms with van der Waals surface area (Å²) in [5.74, 6) is -0.794. The van der Waals surface area contributed by atoms with Crippen molar-refractivity contribution in [3.8, 4) is 0 Å². The summed E-state index contributed by atoms with van der Waals surface area (Å²) in [5.41, 5.74) is 2.10. The van der Waals surface area contributed by atoms with Crippen LogP contribution in [0.4, 0.5) is 5.69 Å². The fourth-order valence-electron chi connectivity index (χ4n) is 3.74. The van der Waals surface area contributed by atoms with Gasteiger partial charge in [0.25, 0.3) is 5.91 Å². The highest BCUT2D eigenvalue weighted by Crippen LogP contribution is 2.30. The number of carbonyl (C=O) groups is 3. The molecule has 2 aromatic carbocycles. The van der Waals surface area contributed by atoms with E-state index in [0.717, 1.165) is 0 Å². The van der Waals surface area contributed by atoms with Crippen LogP contribution in [0.2, 0.25) is 0 Å². The molecule has 0 saturated heterocycles. The van der Waals surface area contributed by atoms with Crippen molar-refractivity contribution in [3.05, 3.63) is 78.3 Å². The summed E-state index contributed by atoms with van der Waals surface area (Å²) >= 11 is 0. The number of benzene rings is 2. The quantitative estimate of drug-likeness (QED) is 0.277. The normalized spacial score (nSPS) is 11.8. The van der Waals surface area contributed by atoms with E-state index < -0.39 is 17.9 Å². The average Bonchev–Trinajstić information content (AvgIpc) is 3.53. The Balaban J connectivity index is 1.77. The highest BCUT2D eigenvalue weighted by atomic mass is 16.5. The lowest BCUT2D eigenvalue weighted by atomic mass is 10.1. The number of para-hydroxylation sites is 1. The molecule has 1 N–H and O–H groups in total. The van der Waals surface area contributed by atoms with Crippen molar-refractivity contribution in [2.75, 3.05) is 25.2 Å². The second kappa shape index (κ2) is 10.7. The van der Waals surface area contributed by atoms with Gasteiger partial charge in [-0.05, 0) is 43.3 Å². The minimum absolute atomic E-state index is 0.166. The molecule has 10 nitrogen and oxygen atoms in total. The van der Waals surface area contributed by atoms with Gasteiger partial charge in [-0.15, -0.1) is 5.10 Å². The van der Waals surface area contributed by atoms with Crippen LogP contribution in [-0.2, 0) is 20.9 Å². The summed E-state index contributed by atoms with van der Waals surface area (Å²) in [4.78, 5) is 40.5. The Morgan fingerprint density at radius 2 is 1.94 bits per heavy atom. The summed E-state index contributed by atoms with van der Waals surface area (Å²) in [6.45, 7) is 1.80. The molecule has 35 heavy (non-hydrogen) atoms. The van der Waals surface area contributed by atoms with E-state index in [2.05, 4.69) is 15.6 Å². The third-order valence-corrected chi connectivity index (χ3v) is 5.43. The van der Waals surface area contributed by atoms with Gasteiger partial charge >= 0.3 is 0 Å². The summed E-state index contributed by atoms with van der Waals surface area (Å²) in [6, 6.07) is 16.0. The van der Waals surface area contributed by atoms with Crippen molar-refractivity contribution >= 4 is 34.3 Å². The maximum Gasteiger partial charge on any atom is 0.251 e. The smallest absolute Gasteiger partial charge is 0.251 e. The van der Waals surface area contributed by atoms with Crippen LogP contribution in [0, 0.1) is 0 Å². The molecule has 0 aliphatic carbocycles. The third kappa shape index (κ3) is 5.28. The van der Waals surface area contributed by atoms with E-state index in [0.29, 0.717) is 28.9 Å². The Labute approximate surface area is 201 Å². The number of nitrogens with one attached hydrogen (secondary N) is 1. The number of hydrogen-bond acceptors (Lipinski definition) is 7. The fourth-order valence-corrected chi connectivity index (χ4v) is 3.74. The molecule has 180 valence electrons. The second-order valence-corrected chi connectivity index (χ2v) is 7.81. The number of aromatic nitrogens is 3. The highest BCUT2D eigenvalue weighted by Gasteiger charge is 2.35. The van der Waals surface area contributed by atoms with E-state index in [-0.39, 0.29) is 24.6 Å².